The van der Waals surface area contributed by atoms with Gasteiger partial charge in [0.05, 0.1) is 6.10 Å². The molecular weight excluding hydrogens is 448 g/mol. The van der Waals surface area contributed by atoms with Crippen LogP contribution in [0.15, 0.2) is 48.5 Å². The summed E-state index contributed by atoms with van der Waals surface area (Å²) in [4.78, 5) is 36.5. The molecule has 8 heteroatoms. The average molecular weight is 481 g/mol. The van der Waals surface area contributed by atoms with Crippen molar-refractivity contribution in [3.8, 4) is 11.1 Å². The predicted molar refractivity (Wildman–Crippen MR) is 130 cm³/mol. The summed E-state index contributed by atoms with van der Waals surface area (Å²) in [5.41, 5.74) is 4.62. The molecule has 0 spiro atoms. The topological polar surface area (TPSA) is 114 Å². The van der Waals surface area contributed by atoms with Crippen LogP contribution < -0.4 is 10.6 Å². The first-order valence-electron chi connectivity index (χ1n) is 12.0. The normalized spacial score (nSPS) is 17.0. The van der Waals surface area contributed by atoms with Crippen molar-refractivity contribution in [1.82, 2.24) is 10.6 Å². The monoisotopic (exact) mass is 480 g/mol. The van der Waals surface area contributed by atoms with Gasteiger partial charge < -0.3 is 25.2 Å². The molecule has 3 N–H and O–H groups in total. The van der Waals surface area contributed by atoms with E-state index in [0.717, 1.165) is 24.0 Å². The van der Waals surface area contributed by atoms with Crippen LogP contribution in [0.2, 0.25) is 0 Å². The fourth-order valence-corrected chi connectivity index (χ4v) is 4.82. The average Bonchev–Trinajstić information content (AvgIpc) is 3.66. The lowest BCUT2D eigenvalue weighted by Gasteiger charge is -2.22. The third-order valence-electron chi connectivity index (χ3n) is 7.01. The molecule has 2 aromatic rings. The van der Waals surface area contributed by atoms with E-state index in [1.807, 2.05) is 24.3 Å². The van der Waals surface area contributed by atoms with Crippen molar-refractivity contribution < 1.29 is 29.0 Å². The number of carbonyl (C=O) groups is 3. The van der Waals surface area contributed by atoms with E-state index in [4.69, 9.17) is 9.47 Å². The molecule has 0 aliphatic heterocycles. The Morgan fingerprint density at radius 2 is 1.63 bits per heavy atom. The molecule has 35 heavy (non-hydrogen) atoms. The maximum absolute atomic E-state index is 12.5. The van der Waals surface area contributed by atoms with Crippen molar-refractivity contribution in [2.75, 3.05) is 20.3 Å². The van der Waals surface area contributed by atoms with Crippen LogP contribution in [0, 0.1) is 11.8 Å². The standard InChI is InChI=1S/C27H32N2O6/c1-16(34-2)25(26(31)32)29-24(30)13-18(17-11-12-17)14-28-27(33)35-15-23-21-9-5-3-7-19(21)20-8-4-6-10-22(20)23/h3-10,16-18,23,25H,11-15H2,1-2H3,(H,28,33)(H,29,30)(H,31,32)/t16-,18?,25+/m1/s1. The van der Waals surface area contributed by atoms with Gasteiger partial charge in [-0.3, -0.25) is 4.79 Å². The van der Waals surface area contributed by atoms with Crippen molar-refractivity contribution in [3.05, 3.63) is 59.7 Å². The van der Waals surface area contributed by atoms with Crippen LogP contribution in [-0.4, -0.2) is 55.5 Å². The van der Waals surface area contributed by atoms with Gasteiger partial charge in [0.2, 0.25) is 5.91 Å². The summed E-state index contributed by atoms with van der Waals surface area (Å²) in [6, 6.07) is 15.2. The highest BCUT2D eigenvalue weighted by Gasteiger charge is 2.35. The first-order valence-corrected chi connectivity index (χ1v) is 12.0. The molecule has 0 aromatic heterocycles. The molecule has 1 fully saturated rings. The van der Waals surface area contributed by atoms with Crippen molar-refractivity contribution in [2.45, 2.75) is 44.2 Å². The predicted octanol–water partition coefficient (Wildman–Crippen LogP) is 3.55. The molecule has 0 heterocycles. The molecule has 2 amide bonds. The van der Waals surface area contributed by atoms with Gasteiger partial charge >= 0.3 is 12.1 Å². The summed E-state index contributed by atoms with van der Waals surface area (Å²) in [6.07, 6.45) is 0.931. The Morgan fingerprint density at radius 1 is 1.03 bits per heavy atom. The van der Waals surface area contributed by atoms with E-state index >= 15 is 0 Å². The van der Waals surface area contributed by atoms with Gasteiger partial charge in [-0.2, -0.15) is 0 Å². The van der Waals surface area contributed by atoms with Gasteiger partial charge in [0.1, 0.15) is 6.61 Å². The molecule has 2 aliphatic rings. The number of hydrogen-bond donors (Lipinski definition) is 3. The SMILES string of the molecule is CO[C@H](C)[C@H](NC(=O)CC(CNC(=O)OCC1c2ccccc2-c2ccccc21)C1CC1)C(=O)O. The molecule has 2 aliphatic carbocycles. The number of carboxylic acids is 1. The molecule has 3 atom stereocenters. The zero-order valence-corrected chi connectivity index (χ0v) is 20.0. The van der Waals surface area contributed by atoms with Crippen molar-refractivity contribution in [2.24, 2.45) is 11.8 Å². The number of fused-ring (bicyclic) bond motifs is 3. The number of amides is 2. The molecule has 4 rings (SSSR count). The highest BCUT2D eigenvalue weighted by Crippen LogP contribution is 2.44. The van der Waals surface area contributed by atoms with Crippen molar-refractivity contribution >= 4 is 18.0 Å². The molecular formula is C27H32N2O6. The molecule has 1 unspecified atom stereocenters. The molecule has 186 valence electrons. The van der Waals surface area contributed by atoms with Gasteiger partial charge in [-0.1, -0.05) is 48.5 Å². The number of rotatable bonds is 11. The summed E-state index contributed by atoms with van der Waals surface area (Å²) >= 11 is 0. The first-order chi connectivity index (χ1) is 16.9. The number of hydrogen-bond acceptors (Lipinski definition) is 5. The molecule has 0 radical (unpaired) electrons. The van der Waals surface area contributed by atoms with E-state index in [1.165, 1.54) is 18.2 Å². The van der Waals surface area contributed by atoms with Gasteiger partial charge in [-0.05, 0) is 53.9 Å². The van der Waals surface area contributed by atoms with Gasteiger partial charge in [-0.15, -0.1) is 0 Å². The van der Waals surface area contributed by atoms with Crippen LogP contribution in [0.1, 0.15) is 43.2 Å². The van der Waals surface area contributed by atoms with E-state index in [1.54, 1.807) is 6.92 Å². The second-order valence-electron chi connectivity index (χ2n) is 9.33. The van der Waals surface area contributed by atoms with Crippen LogP contribution >= 0.6 is 0 Å². The Labute approximate surface area is 205 Å². The Morgan fingerprint density at radius 3 is 2.17 bits per heavy atom. The van der Waals surface area contributed by atoms with Crippen LogP contribution in [0.4, 0.5) is 4.79 Å². The summed E-state index contributed by atoms with van der Waals surface area (Å²) in [5.74, 6) is -1.28. The Hall–Kier alpha value is -3.39. The zero-order valence-electron chi connectivity index (χ0n) is 20.0. The molecule has 8 nitrogen and oxygen atoms in total. The minimum Gasteiger partial charge on any atom is -0.480 e. The maximum atomic E-state index is 12.5. The number of carboxylic acid groups (broad SMARTS) is 1. The third-order valence-corrected chi connectivity index (χ3v) is 7.01. The Balaban J connectivity index is 1.30. The van der Waals surface area contributed by atoms with E-state index in [9.17, 15) is 19.5 Å². The maximum Gasteiger partial charge on any atom is 0.407 e. The van der Waals surface area contributed by atoms with E-state index in [2.05, 4.69) is 34.9 Å². The zero-order chi connectivity index (χ0) is 24.9. The second kappa shape index (κ2) is 10.9. The molecule has 0 saturated heterocycles. The number of ether oxygens (including phenoxy) is 2. The third kappa shape index (κ3) is 5.82. The quantitative estimate of drug-likeness (QED) is 0.453. The van der Waals surface area contributed by atoms with E-state index < -0.39 is 24.2 Å². The van der Waals surface area contributed by atoms with E-state index in [-0.39, 0.29) is 30.8 Å². The van der Waals surface area contributed by atoms with Gasteiger partial charge in [0, 0.05) is 26.0 Å². The number of nitrogens with one attached hydrogen (secondary N) is 2. The first kappa shape index (κ1) is 24.7. The summed E-state index contributed by atoms with van der Waals surface area (Å²) < 4.78 is 10.7. The van der Waals surface area contributed by atoms with Crippen LogP contribution in [0.3, 0.4) is 0 Å². The summed E-state index contributed by atoms with van der Waals surface area (Å²) in [5, 5.41) is 14.7. The Bertz CT molecular complexity index is 1040. The molecule has 2 aromatic carbocycles. The van der Waals surface area contributed by atoms with Gasteiger partial charge in [-0.25, -0.2) is 9.59 Å². The highest BCUT2D eigenvalue weighted by molar-refractivity contribution is 5.84. The van der Waals surface area contributed by atoms with E-state index in [0.29, 0.717) is 12.5 Å². The highest BCUT2D eigenvalue weighted by atomic mass is 16.5. The van der Waals surface area contributed by atoms with Crippen LogP contribution in [-0.2, 0) is 19.1 Å². The number of benzene rings is 2. The van der Waals surface area contributed by atoms with Gasteiger partial charge in [0.25, 0.3) is 0 Å². The minimum atomic E-state index is -1.15. The Kier molecular flexibility index (Phi) is 7.70. The number of carbonyl (C=O) groups excluding carboxylic acids is 2. The van der Waals surface area contributed by atoms with Crippen molar-refractivity contribution in [3.63, 3.8) is 0 Å². The lowest BCUT2D eigenvalue weighted by atomic mass is 9.98. The molecule has 0 bridgehead atoms. The van der Waals surface area contributed by atoms with Crippen LogP contribution in [0.25, 0.3) is 11.1 Å². The fraction of sp³-hybridized carbons (Fsp3) is 0.444. The summed E-state index contributed by atoms with van der Waals surface area (Å²) in [6.45, 7) is 2.12. The smallest absolute Gasteiger partial charge is 0.407 e. The number of aliphatic carboxylic acids is 1. The number of alkyl carbamates (subject to hydrolysis) is 1. The van der Waals surface area contributed by atoms with Crippen molar-refractivity contribution in [1.29, 1.82) is 0 Å². The minimum absolute atomic E-state index is 0.0196. The van der Waals surface area contributed by atoms with Gasteiger partial charge in [0.15, 0.2) is 6.04 Å². The lowest BCUT2D eigenvalue weighted by Crippen LogP contribution is -2.49. The largest absolute Gasteiger partial charge is 0.480 e. The van der Waals surface area contributed by atoms with Crippen LogP contribution in [0.5, 0.6) is 0 Å². The summed E-state index contributed by atoms with van der Waals surface area (Å²) in [7, 11) is 1.40. The second-order valence-corrected chi connectivity index (χ2v) is 9.33. The fourth-order valence-electron chi connectivity index (χ4n) is 4.82. The number of methoxy groups -OCH3 is 1. The molecule has 1 saturated carbocycles. The lowest BCUT2D eigenvalue weighted by molar-refractivity contribution is -0.145.